The van der Waals surface area contributed by atoms with Gasteiger partial charge >= 0.3 is 0 Å². The van der Waals surface area contributed by atoms with E-state index in [9.17, 15) is 9.59 Å². The Hall–Kier alpha value is -1.55. The molecule has 2 heterocycles. The minimum atomic E-state index is -0.310. The zero-order chi connectivity index (χ0) is 14.1. The van der Waals surface area contributed by atoms with Gasteiger partial charge in [0.25, 0.3) is 0 Å². The SMILES string of the molecule is O=C1C2CCCCN2C(=O)CCN1c1ccccc1Cl. The number of fused-ring (bicyclic) bond motifs is 1. The second-order valence-electron chi connectivity index (χ2n) is 5.29. The quantitative estimate of drug-likeness (QED) is 0.798. The van der Waals surface area contributed by atoms with Crippen LogP contribution in [0.1, 0.15) is 25.7 Å². The molecule has 1 unspecified atom stereocenters. The van der Waals surface area contributed by atoms with Crippen LogP contribution in [0, 0.1) is 0 Å². The minimum Gasteiger partial charge on any atom is -0.331 e. The van der Waals surface area contributed by atoms with Gasteiger partial charge in [0, 0.05) is 19.5 Å². The van der Waals surface area contributed by atoms with Gasteiger partial charge in [-0.1, -0.05) is 23.7 Å². The number of anilines is 1. The van der Waals surface area contributed by atoms with Crippen LogP contribution in [0.2, 0.25) is 5.02 Å². The summed E-state index contributed by atoms with van der Waals surface area (Å²) in [5.41, 5.74) is 0.708. The smallest absolute Gasteiger partial charge is 0.249 e. The number of halogens is 1. The van der Waals surface area contributed by atoms with Crippen molar-refractivity contribution in [1.29, 1.82) is 0 Å². The number of para-hydroxylation sites is 1. The van der Waals surface area contributed by atoms with E-state index in [-0.39, 0.29) is 17.9 Å². The monoisotopic (exact) mass is 292 g/mol. The Balaban J connectivity index is 1.95. The molecule has 0 N–H and O–H groups in total. The van der Waals surface area contributed by atoms with Crippen LogP contribution in [0.3, 0.4) is 0 Å². The molecule has 1 aromatic carbocycles. The van der Waals surface area contributed by atoms with Gasteiger partial charge in [0.05, 0.1) is 10.7 Å². The van der Waals surface area contributed by atoms with Gasteiger partial charge in [0.15, 0.2) is 0 Å². The number of carbonyl (C=O) groups excluding carboxylic acids is 2. The Morgan fingerprint density at radius 3 is 2.70 bits per heavy atom. The van der Waals surface area contributed by atoms with Crippen LogP contribution >= 0.6 is 11.6 Å². The average molecular weight is 293 g/mol. The third-order valence-corrected chi connectivity index (χ3v) is 4.39. The van der Waals surface area contributed by atoms with E-state index in [1.165, 1.54) is 0 Å². The molecule has 2 amide bonds. The molecular formula is C15H17ClN2O2. The van der Waals surface area contributed by atoms with Crippen molar-refractivity contribution < 1.29 is 9.59 Å². The maximum atomic E-state index is 12.8. The van der Waals surface area contributed by atoms with E-state index in [0.717, 1.165) is 19.3 Å². The minimum absolute atomic E-state index is 0.00338. The first-order chi connectivity index (χ1) is 9.68. The number of carbonyl (C=O) groups is 2. The van der Waals surface area contributed by atoms with Crippen LogP contribution in [0.25, 0.3) is 0 Å². The van der Waals surface area contributed by atoms with E-state index in [2.05, 4.69) is 0 Å². The maximum Gasteiger partial charge on any atom is 0.249 e. The summed E-state index contributed by atoms with van der Waals surface area (Å²) in [4.78, 5) is 28.4. The van der Waals surface area contributed by atoms with Crippen molar-refractivity contribution in [1.82, 2.24) is 4.90 Å². The van der Waals surface area contributed by atoms with Gasteiger partial charge < -0.3 is 9.80 Å². The third-order valence-electron chi connectivity index (χ3n) is 4.07. The van der Waals surface area contributed by atoms with E-state index in [1.807, 2.05) is 18.2 Å². The Morgan fingerprint density at radius 2 is 1.90 bits per heavy atom. The number of amides is 2. The Kier molecular flexibility index (Phi) is 3.66. The predicted molar refractivity (Wildman–Crippen MR) is 77.8 cm³/mol. The zero-order valence-corrected chi connectivity index (χ0v) is 12.0. The highest BCUT2D eigenvalue weighted by atomic mass is 35.5. The first-order valence-corrected chi connectivity index (χ1v) is 7.41. The van der Waals surface area contributed by atoms with E-state index < -0.39 is 0 Å². The van der Waals surface area contributed by atoms with Crippen LogP contribution in [-0.2, 0) is 9.59 Å². The topological polar surface area (TPSA) is 40.6 Å². The summed E-state index contributed by atoms with van der Waals surface area (Å²) in [6.07, 6.45) is 3.11. The van der Waals surface area contributed by atoms with E-state index >= 15 is 0 Å². The highest BCUT2D eigenvalue weighted by Gasteiger charge is 2.38. The molecule has 2 aliphatic heterocycles. The summed E-state index contributed by atoms with van der Waals surface area (Å²) in [5, 5.41) is 0.553. The number of hydrogen-bond acceptors (Lipinski definition) is 2. The summed E-state index contributed by atoms with van der Waals surface area (Å²) in [6, 6.07) is 7.00. The van der Waals surface area contributed by atoms with E-state index in [0.29, 0.717) is 30.2 Å². The number of nitrogens with zero attached hydrogens (tertiary/aromatic N) is 2. The largest absolute Gasteiger partial charge is 0.331 e. The van der Waals surface area contributed by atoms with Gasteiger partial charge in [0.2, 0.25) is 11.8 Å². The van der Waals surface area contributed by atoms with Crippen molar-refractivity contribution in [2.75, 3.05) is 18.0 Å². The molecule has 2 aliphatic rings. The van der Waals surface area contributed by atoms with E-state index in [1.54, 1.807) is 15.9 Å². The fraction of sp³-hybridized carbons (Fsp3) is 0.467. The lowest BCUT2D eigenvalue weighted by atomic mass is 10.0. The first-order valence-electron chi connectivity index (χ1n) is 7.04. The van der Waals surface area contributed by atoms with Gasteiger partial charge in [-0.3, -0.25) is 9.59 Å². The summed E-state index contributed by atoms with van der Waals surface area (Å²) in [5.74, 6) is 0.0845. The van der Waals surface area contributed by atoms with Crippen LogP contribution in [0.4, 0.5) is 5.69 Å². The summed E-state index contributed by atoms with van der Waals surface area (Å²) in [6.45, 7) is 1.11. The second kappa shape index (κ2) is 5.44. The molecule has 0 aliphatic carbocycles. The van der Waals surface area contributed by atoms with Crippen LogP contribution in [-0.4, -0.2) is 35.8 Å². The third kappa shape index (κ3) is 2.29. The Labute approximate surface area is 123 Å². The fourth-order valence-electron chi connectivity index (χ4n) is 3.04. The lowest BCUT2D eigenvalue weighted by Gasteiger charge is -2.34. The molecular weight excluding hydrogens is 276 g/mol. The van der Waals surface area contributed by atoms with Crippen molar-refractivity contribution in [2.24, 2.45) is 0 Å². The lowest BCUT2D eigenvalue weighted by molar-refractivity contribution is -0.138. The van der Waals surface area contributed by atoms with Crippen molar-refractivity contribution in [3.05, 3.63) is 29.3 Å². The summed E-state index contributed by atoms with van der Waals surface area (Å²) < 4.78 is 0. The van der Waals surface area contributed by atoms with Gasteiger partial charge in [-0.05, 0) is 31.4 Å². The predicted octanol–water partition coefficient (Wildman–Crippen LogP) is 2.46. The first kappa shape index (κ1) is 13.4. The van der Waals surface area contributed by atoms with Crippen LogP contribution < -0.4 is 4.90 Å². The molecule has 2 saturated heterocycles. The molecule has 106 valence electrons. The molecule has 4 nitrogen and oxygen atoms in total. The van der Waals surface area contributed by atoms with E-state index in [4.69, 9.17) is 11.6 Å². The zero-order valence-electron chi connectivity index (χ0n) is 11.2. The number of rotatable bonds is 1. The molecule has 20 heavy (non-hydrogen) atoms. The molecule has 1 aromatic rings. The van der Waals surface area contributed by atoms with Crippen LogP contribution in [0.5, 0.6) is 0 Å². The van der Waals surface area contributed by atoms with Gasteiger partial charge in [-0.2, -0.15) is 0 Å². The van der Waals surface area contributed by atoms with Gasteiger partial charge in [-0.25, -0.2) is 0 Å². The molecule has 1 atom stereocenters. The number of benzene rings is 1. The standard InChI is InChI=1S/C15H17ClN2O2/c16-11-5-1-2-6-12(11)18-10-8-14(19)17-9-4-3-7-13(17)15(18)20/h1-2,5-6,13H,3-4,7-10H2. The summed E-state index contributed by atoms with van der Waals surface area (Å²) in [7, 11) is 0. The molecule has 0 bridgehead atoms. The molecule has 0 spiro atoms. The number of hydrogen-bond donors (Lipinski definition) is 0. The normalized spacial score (nSPS) is 23.6. The summed E-state index contributed by atoms with van der Waals surface area (Å²) >= 11 is 6.20. The van der Waals surface area contributed by atoms with Crippen molar-refractivity contribution in [3.63, 3.8) is 0 Å². The molecule has 3 rings (SSSR count). The molecule has 0 saturated carbocycles. The Bertz CT molecular complexity index is 546. The average Bonchev–Trinajstić information content (AvgIpc) is 2.59. The maximum absolute atomic E-state index is 12.8. The van der Waals surface area contributed by atoms with Crippen molar-refractivity contribution in [2.45, 2.75) is 31.7 Å². The van der Waals surface area contributed by atoms with Crippen LogP contribution in [0.15, 0.2) is 24.3 Å². The molecule has 0 aromatic heterocycles. The van der Waals surface area contributed by atoms with Gasteiger partial charge in [0.1, 0.15) is 6.04 Å². The molecule has 5 heteroatoms. The number of piperidine rings is 1. The fourth-order valence-corrected chi connectivity index (χ4v) is 3.28. The highest BCUT2D eigenvalue weighted by molar-refractivity contribution is 6.33. The van der Waals surface area contributed by atoms with Crippen molar-refractivity contribution in [3.8, 4) is 0 Å². The molecule has 2 fully saturated rings. The second-order valence-corrected chi connectivity index (χ2v) is 5.70. The van der Waals surface area contributed by atoms with Gasteiger partial charge in [-0.15, -0.1) is 0 Å². The lowest BCUT2D eigenvalue weighted by Crippen LogP contribution is -2.49. The van der Waals surface area contributed by atoms with Crippen molar-refractivity contribution >= 4 is 29.1 Å². The highest BCUT2D eigenvalue weighted by Crippen LogP contribution is 2.30. The Morgan fingerprint density at radius 1 is 1.10 bits per heavy atom. The molecule has 0 radical (unpaired) electrons.